The van der Waals surface area contributed by atoms with E-state index in [0.717, 1.165) is 23.1 Å². The molecule has 0 saturated carbocycles. The zero-order chi connectivity index (χ0) is 25.5. The van der Waals surface area contributed by atoms with Crippen LogP contribution in [0.2, 0.25) is 0 Å². The van der Waals surface area contributed by atoms with Crippen LogP contribution in [0.3, 0.4) is 0 Å². The summed E-state index contributed by atoms with van der Waals surface area (Å²) in [6.07, 6.45) is 2.81. The second-order valence-electron chi connectivity index (χ2n) is 9.67. The summed E-state index contributed by atoms with van der Waals surface area (Å²) in [6.45, 7) is 11.1. The number of aromatic nitrogens is 3. The lowest BCUT2D eigenvalue weighted by Crippen LogP contribution is -2.29. The number of amides is 1. The molecule has 3 aromatic rings. The molecule has 1 aliphatic carbocycles. The van der Waals surface area contributed by atoms with Crippen molar-refractivity contribution in [1.82, 2.24) is 19.9 Å². The minimum Gasteiger partial charge on any atom is -0.462 e. The number of ether oxygens (including phenoxy) is 2. The standard InChI is InChI=1S/C26H30N4O5/c1-7-34-24(32)19-13-27-30-21(12-14(2)28-22(19)30)23(31)29-20-11-10-16-15(3)17(8-9-18(16)20)25(33)35-26(4,5)6/h8-9,12-13,20H,7,10-11H2,1-6H3,(H,29,31). The van der Waals surface area contributed by atoms with E-state index in [-0.39, 0.29) is 41.4 Å². The van der Waals surface area contributed by atoms with E-state index in [1.807, 2.05) is 33.8 Å². The van der Waals surface area contributed by atoms with E-state index in [1.54, 1.807) is 26.0 Å². The first-order valence-corrected chi connectivity index (χ1v) is 11.7. The van der Waals surface area contributed by atoms with Gasteiger partial charge >= 0.3 is 11.9 Å². The third-order valence-corrected chi connectivity index (χ3v) is 5.95. The van der Waals surface area contributed by atoms with E-state index in [1.165, 1.54) is 10.7 Å². The van der Waals surface area contributed by atoms with Crippen LogP contribution in [0.1, 0.15) is 93.7 Å². The Bertz CT molecular complexity index is 1340. The lowest BCUT2D eigenvalue weighted by atomic mass is 9.97. The zero-order valence-electron chi connectivity index (χ0n) is 20.9. The van der Waals surface area contributed by atoms with Gasteiger partial charge < -0.3 is 14.8 Å². The Hall–Kier alpha value is -3.75. The number of rotatable bonds is 5. The van der Waals surface area contributed by atoms with Crippen molar-refractivity contribution in [3.63, 3.8) is 0 Å². The normalized spacial score (nSPS) is 15.1. The monoisotopic (exact) mass is 478 g/mol. The zero-order valence-corrected chi connectivity index (χ0v) is 20.9. The van der Waals surface area contributed by atoms with Crippen molar-refractivity contribution >= 4 is 23.5 Å². The molecule has 2 aromatic heterocycles. The molecule has 4 rings (SSSR count). The fraction of sp³-hybridized carbons (Fsp3) is 0.423. The number of nitrogens with zero attached hydrogens (tertiary/aromatic N) is 3. The van der Waals surface area contributed by atoms with Crippen LogP contribution >= 0.6 is 0 Å². The van der Waals surface area contributed by atoms with Crippen LogP contribution in [0.4, 0.5) is 0 Å². The molecule has 9 heteroatoms. The van der Waals surface area contributed by atoms with Gasteiger partial charge in [-0.25, -0.2) is 19.1 Å². The maximum absolute atomic E-state index is 13.3. The highest BCUT2D eigenvalue weighted by atomic mass is 16.6. The Balaban J connectivity index is 1.61. The van der Waals surface area contributed by atoms with Crippen LogP contribution in [0.5, 0.6) is 0 Å². The molecule has 1 N–H and O–H groups in total. The van der Waals surface area contributed by atoms with Gasteiger partial charge in [0, 0.05) is 5.69 Å². The number of nitrogens with one attached hydrogen (secondary N) is 1. The lowest BCUT2D eigenvalue weighted by molar-refractivity contribution is 0.00682. The second-order valence-corrected chi connectivity index (χ2v) is 9.67. The Labute approximate surface area is 203 Å². The maximum Gasteiger partial charge on any atom is 0.343 e. The van der Waals surface area contributed by atoms with Gasteiger partial charge in [-0.3, -0.25) is 4.79 Å². The highest BCUT2D eigenvalue weighted by Crippen LogP contribution is 2.35. The lowest BCUT2D eigenvalue weighted by Gasteiger charge is -2.21. The molecule has 1 aliphatic rings. The van der Waals surface area contributed by atoms with Crippen molar-refractivity contribution in [3.05, 3.63) is 63.6 Å². The summed E-state index contributed by atoms with van der Waals surface area (Å²) in [4.78, 5) is 42.6. The number of benzene rings is 1. The molecule has 1 aromatic carbocycles. The van der Waals surface area contributed by atoms with Crippen molar-refractivity contribution in [3.8, 4) is 0 Å². The molecule has 0 saturated heterocycles. The predicted molar refractivity (Wildman–Crippen MR) is 129 cm³/mol. The van der Waals surface area contributed by atoms with Gasteiger partial charge in [0.2, 0.25) is 0 Å². The Morgan fingerprint density at radius 1 is 1.14 bits per heavy atom. The number of carbonyl (C=O) groups excluding carboxylic acids is 3. The van der Waals surface area contributed by atoms with Gasteiger partial charge in [-0.05, 0) is 83.2 Å². The summed E-state index contributed by atoms with van der Waals surface area (Å²) in [6, 6.07) is 5.07. The minimum absolute atomic E-state index is 0.209. The van der Waals surface area contributed by atoms with Gasteiger partial charge in [0.15, 0.2) is 5.65 Å². The van der Waals surface area contributed by atoms with Crippen LogP contribution in [0, 0.1) is 13.8 Å². The first-order valence-electron chi connectivity index (χ1n) is 11.7. The fourth-order valence-corrected chi connectivity index (χ4v) is 4.42. The van der Waals surface area contributed by atoms with Gasteiger partial charge in [0.1, 0.15) is 16.9 Å². The largest absolute Gasteiger partial charge is 0.462 e. The molecule has 184 valence electrons. The van der Waals surface area contributed by atoms with Gasteiger partial charge in [-0.15, -0.1) is 0 Å². The molecule has 1 amide bonds. The summed E-state index contributed by atoms with van der Waals surface area (Å²) >= 11 is 0. The van der Waals surface area contributed by atoms with Gasteiger partial charge in [0.25, 0.3) is 5.91 Å². The Kier molecular flexibility index (Phi) is 6.36. The molecule has 0 fully saturated rings. The number of hydrogen-bond acceptors (Lipinski definition) is 7. The van der Waals surface area contributed by atoms with E-state index in [9.17, 15) is 14.4 Å². The molecular formula is C26H30N4O5. The van der Waals surface area contributed by atoms with Crippen LogP contribution < -0.4 is 5.32 Å². The second kappa shape index (κ2) is 9.13. The van der Waals surface area contributed by atoms with Crippen molar-refractivity contribution in [2.24, 2.45) is 0 Å². The minimum atomic E-state index is -0.577. The summed E-state index contributed by atoms with van der Waals surface area (Å²) in [5.41, 5.74) is 4.22. The molecule has 1 atom stereocenters. The average molecular weight is 479 g/mol. The van der Waals surface area contributed by atoms with E-state index in [2.05, 4.69) is 15.4 Å². The van der Waals surface area contributed by atoms with Crippen LogP contribution in [-0.4, -0.2) is 44.7 Å². The van der Waals surface area contributed by atoms with Crippen LogP contribution in [-0.2, 0) is 15.9 Å². The van der Waals surface area contributed by atoms with E-state index in [4.69, 9.17) is 9.47 Å². The van der Waals surface area contributed by atoms with E-state index < -0.39 is 11.6 Å². The number of aryl methyl sites for hydroxylation is 1. The Morgan fingerprint density at radius 2 is 1.89 bits per heavy atom. The smallest absolute Gasteiger partial charge is 0.343 e. The fourth-order valence-electron chi connectivity index (χ4n) is 4.42. The predicted octanol–water partition coefficient (Wildman–Crippen LogP) is 3.90. The molecule has 0 radical (unpaired) electrons. The SMILES string of the molecule is CCOC(=O)c1cnn2c(C(=O)NC3CCc4c3ccc(C(=O)OC(C)(C)C)c4C)cc(C)nc12. The summed E-state index contributed by atoms with van der Waals surface area (Å²) < 4.78 is 12.0. The molecule has 35 heavy (non-hydrogen) atoms. The molecule has 2 heterocycles. The number of fused-ring (bicyclic) bond motifs is 2. The molecule has 1 unspecified atom stereocenters. The molecule has 9 nitrogen and oxygen atoms in total. The van der Waals surface area contributed by atoms with Crippen LogP contribution in [0.25, 0.3) is 5.65 Å². The quantitative estimate of drug-likeness (QED) is 0.554. The molecule has 0 bridgehead atoms. The van der Waals surface area contributed by atoms with Gasteiger partial charge in [-0.1, -0.05) is 6.07 Å². The number of hydrogen-bond donors (Lipinski definition) is 1. The summed E-state index contributed by atoms with van der Waals surface area (Å²) in [5, 5.41) is 7.31. The van der Waals surface area contributed by atoms with Crippen LogP contribution in [0.15, 0.2) is 24.4 Å². The summed E-state index contributed by atoms with van der Waals surface area (Å²) in [7, 11) is 0. The van der Waals surface area contributed by atoms with Crippen molar-refractivity contribution in [2.75, 3.05) is 6.61 Å². The van der Waals surface area contributed by atoms with Crippen molar-refractivity contribution in [1.29, 1.82) is 0 Å². The number of esters is 2. The number of carbonyl (C=O) groups is 3. The van der Waals surface area contributed by atoms with E-state index >= 15 is 0 Å². The third kappa shape index (κ3) is 4.76. The highest BCUT2D eigenvalue weighted by Gasteiger charge is 2.30. The van der Waals surface area contributed by atoms with Gasteiger partial charge in [0.05, 0.1) is 24.4 Å². The molecular weight excluding hydrogens is 448 g/mol. The van der Waals surface area contributed by atoms with E-state index in [0.29, 0.717) is 17.7 Å². The molecule has 0 aliphatic heterocycles. The third-order valence-electron chi connectivity index (χ3n) is 5.95. The topological polar surface area (TPSA) is 112 Å². The first kappa shape index (κ1) is 24.4. The maximum atomic E-state index is 13.3. The highest BCUT2D eigenvalue weighted by molar-refractivity contribution is 5.98. The average Bonchev–Trinajstić information content (AvgIpc) is 3.37. The van der Waals surface area contributed by atoms with Crippen molar-refractivity contribution < 1.29 is 23.9 Å². The molecule has 0 spiro atoms. The Morgan fingerprint density at radius 3 is 2.57 bits per heavy atom. The first-order chi connectivity index (χ1) is 16.5. The van der Waals surface area contributed by atoms with Gasteiger partial charge in [-0.2, -0.15) is 5.10 Å². The van der Waals surface area contributed by atoms with Crippen molar-refractivity contribution in [2.45, 2.75) is 66.0 Å². The summed E-state index contributed by atoms with van der Waals surface area (Å²) in [5.74, 6) is -1.21.